The van der Waals surface area contributed by atoms with Gasteiger partial charge in [0.1, 0.15) is 5.82 Å². The zero-order chi connectivity index (χ0) is 14.6. The van der Waals surface area contributed by atoms with Crippen LogP contribution in [0.1, 0.15) is 18.9 Å². The fraction of sp³-hybridized carbons (Fsp3) is 0.200. The summed E-state index contributed by atoms with van der Waals surface area (Å²) in [5.74, 6) is -1.00. The second-order valence-corrected chi connectivity index (χ2v) is 6.00. The fourth-order valence-corrected chi connectivity index (χ4v) is 2.97. The van der Waals surface area contributed by atoms with Gasteiger partial charge in [-0.1, -0.05) is 0 Å². The van der Waals surface area contributed by atoms with E-state index in [0.717, 1.165) is 28.9 Å². The van der Waals surface area contributed by atoms with E-state index in [9.17, 15) is 8.78 Å². The Bertz CT molecular complexity index is 855. The Balaban J connectivity index is 2.05. The van der Waals surface area contributed by atoms with Crippen LogP contribution in [-0.2, 0) is 0 Å². The predicted octanol–water partition coefficient (Wildman–Crippen LogP) is 4.47. The number of aromatic nitrogens is 3. The second kappa shape index (κ2) is 4.59. The summed E-state index contributed by atoms with van der Waals surface area (Å²) >= 11 is 3.46. The van der Waals surface area contributed by atoms with E-state index in [4.69, 9.17) is 0 Å². The fourth-order valence-electron chi connectivity index (χ4n) is 2.54. The molecule has 0 aliphatic heterocycles. The summed E-state index contributed by atoms with van der Waals surface area (Å²) in [6.07, 6.45) is 5.42. The largest absolute Gasteiger partial charge is 0.321 e. The van der Waals surface area contributed by atoms with Gasteiger partial charge in [-0.15, -0.1) is 0 Å². The molecule has 0 atom stereocenters. The first-order chi connectivity index (χ1) is 10.1. The molecular formula is C15H10BrF2N3. The average Bonchev–Trinajstić information content (AvgIpc) is 3.23. The number of imidazole rings is 1. The van der Waals surface area contributed by atoms with E-state index in [0.29, 0.717) is 22.9 Å². The molecule has 2 aromatic heterocycles. The van der Waals surface area contributed by atoms with Crippen molar-refractivity contribution in [1.82, 2.24) is 14.5 Å². The maximum Gasteiger partial charge on any atom is 0.161 e. The predicted molar refractivity (Wildman–Crippen MR) is 78.9 cm³/mol. The van der Waals surface area contributed by atoms with Gasteiger partial charge in [-0.2, -0.15) is 0 Å². The first-order valence-electron chi connectivity index (χ1n) is 6.62. The van der Waals surface area contributed by atoms with Gasteiger partial charge in [0.25, 0.3) is 0 Å². The van der Waals surface area contributed by atoms with Crippen LogP contribution in [0.2, 0.25) is 0 Å². The molecule has 1 fully saturated rings. The van der Waals surface area contributed by atoms with Gasteiger partial charge in [-0.25, -0.2) is 13.8 Å². The normalized spacial score (nSPS) is 14.8. The summed E-state index contributed by atoms with van der Waals surface area (Å²) in [4.78, 5) is 8.54. The number of halogens is 3. The van der Waals surface area contributed by atoms with Gasteiger partial charge in [-0.05, 0) is 34.8 Å². The van der Waals surface area contributed by atoms with E-state index in [1.807, 2.05) is 10.6 Å². The van der Waals surface area contributed by atoms with Crippen molar-refractivity contribution in [2.45, 2.75) is 18.9 Å². The van der Waals surface area contributed by atoms with Gasteiger partial charge in [0.15, 0.2) is 11.6 Å². The van der Waals surface area contributed by atoms with Gasteiger partial charge in [0.05, 0.1) is 11.0 Å². The molecule has 1 aliphatic rings. The first-order valence-corrected chi connectivity index (χ1v) is 7.41. The molecule has 0 unspecified atom stereocenters. The number of fused-ring (bicyclic) bond motifs is 1. The highest BCUT2D eigenvalue weighted by Crippen LogP contribution is 2.42. The molecule has 21 heavy (non-hydrogen) atoms. The maximum absolute atomic E-state index is 13.6. The van der Waals surface area contributed by atoms with Crippen LogP contribution in [0.5, 0.6) is 0 Å². The Morgan fingerprint density at radius 1 is 1.19 bits per heavy atom. The van der Waals surface area contributed by atoms with E-state index in [2.05, 4.69) is 25.9 Å². The number of pyridine rings is 1. The number of rotatable bonds is 2. The molecule has 1 aliphatic carbocycles. The lowest BCUT2D eigenvalue weighted by atomic mass is 10.2. The van der Waals surface area contributed by atoms with Crippen LogP contribution in [0.15, 0.2) is 35.1 Å². The summed E-state index contributed by atoms with van der Waals surface area (Å²) < 4.78 is 29.8. The maximum atomic E-state index is 13.6. The lowest BCUT2D eigenvalue weighted by Gasteiger charge is -2.08. The summed E-state index contributed by atoms with van der Waals surface area (Å²) in [5.41, 5.74) is 1.98. The third-order valence-electron chi connectivity index (χ3n) is 3.66. The van der Waals surface area contributed by atoms with Crippen LogP contribution in [0.4, 0.5) is 8.78 Å². The van der Waals surface area contributed by atoms with Crippen LogP contribution >= 0.6 is 15.9 Å². The SMILES string of the molecule is Fc1cc2nc(-c3ccncc3Br)n(C3CC3)c2cc1F. The highest BCUT2D eigenvalue weighted by atomic mass is 79.9. The van der Waals surface area contributed by atoms with E-state index >= 15 is 0 Å². The Morgan fingerprint density at radius 2 is 1.95 bits per heavy atom. The molecule has 0 amide bonds. The van der Waals surface area contributed by atoms with Crippen LogP contribution in [-0.4, -0.2) is 14.5 Å². The molecule has 0 spiro atoms. The molecule has 106 valence electrons. The molecule has 0 radical (unpaired) electrons. The Hall–Kier alpha value is -1.82. The highest BCUT2D eigenvalue weighted by molar-refractivity contribution is 9.10. The topological polar surface area (TPSA) is 30.7 Å². The number of benzene rings is 1. The third kappa shape index (κ3) is 2.05. The van der Waals surface area contributed by atoms with E-state index < -0.39 is 11.6 Å². The monoisotopic (exact) mass is 349 g/mol. The smallest absolute Gasteiger partial charge is 0.161 e. The van der Waals surface area contributed by atoms with E-state index in [1.54, 1.807) is 12.4 Å². The number of hydrogen-bond donors (Lipinski definition) is 0. The molecule has 2 heterocycles. The number of hydrogen-bond acceptors (Lipinski definition) is 2. The molecule has 1 saturated carbocycles. The first kappa shape index (κ1) is 12.9. The van der Waals surface area contributed by atoms with Crippen molar-refractivity contribution >= 4 is 27.0 Å². The quantitative estimate of drug-likeness (QED) is 0.683. The van der Waals surface area contributed by atoms with Crippen molar-refractivity contribution in [1.29, 1.82) is 0 Å². The molecule has 3 aromatic rings. The van der Waals surface area contributed by atoms with Crippen molar-refractivity contribution in [3.05, 3.63) is 46.7 Å². The van der Waals surface area contributed by atoms with Gasteiger partial charge < -0.3 is 4.57 Å². The minimum atomic E-state index is -0.872. The Morgan fingerprint density at radius 3 is 2.67 bits per heavy atom. The molecule has 4 rings (SSSR count). The zero-order valence-corrected chi connectivity index (χ0v) is 12.4. The molecule has 3 nitrogen and oxygen atoms in total. The van der Waals surface area contributed by atoms with Gasteiger partial charge in [0.2, 0.25) is 0 Å². The molecule has 0 bridgehead atoms. The van der Waals surface area contributed by atoms with Gasteiger partial charge in [-0.3, -0.25) is 4.98 Å². The van der Waals surface area contributed by atoms with Crippen LogP contribution < -0.4 is 0 Å². The minimum absolute atomic E-state index is 0.301. The summed E-state index contributed by atoms with van der Waals surface area (Å²) in [5, 5.41) is 0. The molecular weight excluding hydrogens is 340 g/mol. The molecule has 0 saturated heterocycles. The summed E-state index contributed by atoms with van der Waals surface area (Å²) in [7, 11) is 0. The van der Waals surface area contributed by atoms with Gasteiger partial charge in [0, 0.05) is 40.6 Å². The second-order valence-electron chi connectivity index (χ2n) is 5.15. The van der Waals surface area contributed by atoms with Crippen molar-refractivity contribution in [3.63, 3.8) is 0 Å². The summed E-state index contributed by atoms with van der Waals surface area (Å²) in [6.45, 7) is 0. The standard InChI is InChI=1S/C15H10BrF2N3/c16-10-7-19-4-3-9(10)15-20-13-5-11(17)12(18)6-14(13)21(15)8-1-2-8/h3-8H,1-2H2. The van der Waals surface area contributed by atoms with Gasteiger partial charge >= 0.3 is 0 Å². The summed E-state index contributed by atoms with van der Waals surface area (Å²) in [6, 6.07) is 4.53. The third-order valence-corrected chi connectivity index (χ3v) is 4.29. The van der Waals surface area contributed by atoms with Crippen LogP contribution in [0.3, 0.4) is 0 Å². The van der Waals surface area contributed by atoms with Crippen LogP contribution in [0.25, 0.3) is 22.4 Å². The van der Waals surface area contributed by atoms with Crippen molar-refractivity contribution in [3.8, 4) is 11.4 Å². The molecule has 0 N–H and O–H groups in total. The number of nitrogens with zero attached hydrogens (tertiary/aromatic N) is 3. The average molecular weight is 350 g/mol. The van der Waals surface area contributed by atoms with E-state index in [-0.39, 0.29) is 0 Å². The van der Waals surface area contributed by atoms with Crippen molar-refractivity contribution < 1.29 is 8.78 Å². The minimum Gasteiger partial charge on any atom is -0.321 e. The highest BCUT2D eigenvalue weighted by Gasteiger charge is 2.29. The van der Waals surface area contributed by atoms with Crippen molar-refractivity contribution in [2.75, 3.05) is 0 Å². The zero-order valence-electron chi connectivity index (χ0n) is 10.9. The van der Waals surface area contributed by atoms with Crippen LogP contribution in [0, 0.1) is 11.6 Å². The lowest BCUT2D eigenvalue weighted by molar-refractivity contribution is 0.510. The van der Waals surface area contributed by atoms with Crippen molar-refractivity contribution in [2.24, 2.45) is 0 Å². The molecule has 1 aromatic carbocycles. The van der Waals surface area contributed by atoms with E-state index in [1.165, 1.54) is 6.07 Å². The molecule has 6 heteroatoms. The Kier molecular flexibility index (Phi) is 2.82. The Labute approximate surface area is 127 Å². The lowest BCUT2D eigenvalue weighted by Crippen LogP contribution is -1.98.